The van der Waals surface area contributed by atoms with Gasteiger partial charge in [0.15, 0.2) is 26.4 Å². The molecule has 0 aliphatic carbocycles. The van der Waals surface area contributed by atoms with Gasteiger partial charge < -0.3 is 20.4 Å². The predicted octanol–water partition coefficient (Wildman–Crippen LogP) is 6.74. The Balaban J connectivity index is 0.000000201. The van der Waals surface area contributed by atoms with Crippen LogP contribution in [-0.4, -0.2) is 98.5 Å². The Morgan fingerprint density at radius 3 is 1.51 bits per heavy atom. The van der Waals surface area contributed by atoms with E-state index in [1.54, 1.807) is 54.9 Å². The number of hydrogen-bond donors (Lipinski definition) is 2. The monoisotopic (exact) mass is 940 g/mol. The quantitative estimate of drug-likeness (QED) is 0.130. The van der Waals surface area contributed by atoms with Crippen molar-refractivity contribution < 1.29 is 31.2 Å². The summed E-state index contributed by atoms with van der Waals surface area (Å²) in [4.78, 5) is 46.4. The molecule has 348 valence electrons. The number of carbonyl (C=O) groups is 2. The fourth-order valence-corrected chi connectivity index (χ4v) is 8.54. The molecule has 0 spiro atoms. The third-order valence-corrected chi connectivity index (χ3v) is 12.6. The number of benzene rings is 2. The average molecular weight is 941 g/mol. The SMILES string of the molecule is Cc1ccc(C(=O)Cc2ccnc(C(F)(F)F)c2)cc1-c1cnc(N2CCNCC2)c(C#N)c1.Cc1ccc(C(=O)Cc2ccnc(S(C)(=O)=O)c2)cc1-c1cnc(N2CCNCC2)c(C#N)c1. The number of hydrogen-bond acceptors (Lipinski definition) is 14. The van der Waals surface area contributed by atoms with Gasteiger partial charge in [-0.2, -0.15) is 23.7 Å². The highest BCUT2D eigenvalue weighted by atomic mass is 32.2. The summed E-state index contributed by atoms with van der Waals surface area (Å²) in [5, 5.41) is 26.0. The van der Waals surface area contributed by atoms with Crippen LogP contribution in [0.4, 0.5) is 24.8 Å². The van der Waals surface area contributed by atoms with Crippen LogP contribution in [0.5, 0.6) is 0 Å². The van der Waals surface area contributed by atoms with Gasteiger partial charge in [0, 0.05) is 118 Å². The summed E-state index contributed by atoms with van der Waals surface area (Å²) >= 11 is 0. The number of nitrogens with one attached hydrogen (secondary N) is 2. The maximum absolute atomic E-state index is 13.0. The van der Waals surface area contributed by atoms with Crippen molar-refractivity contribution in [2.45, 2.75) is 37.9 Å². The molecule has 18 heteroatoms. The largest absolute Gasteiger partial charge is 0.433 e. The van der Waals surface area contributed by atoms with Gasteiger partial charge in [-0.1, -0.05) is 24.3 Å². The Hall–Kier alpha value is -7.38. The smallest absolute Gasteiger partial charge is 0.353 e. The first-order valence-corrected chi connectivity index (χ1v) is 23.6. The molecule has 0 radical (unpaired) electrons. The molecule has 0 atom stereocenters. The second kappa shape index (κ2) is 21.1. The van der Waals surface area contributed by atoms with Gasteiger partial charge in [0.25, 0.3) is 0 Å². The lowest BCUT2D eigenvalue weighted by molar-refractivity contribution is -0.141. The van der Waals surface area contributed by atoms with Crippen LogP contribution < -0.4 is 20.4 Å². The highest BCUT2D eigenvalue weighted by Crippen LogP contribution is 2.32. The van der Waals surface area contributed by atoms with E-state index in [0.29, 0.717) is 45.0 Å². The van der Waals surface area contributed by atoms with E-state index >= 15 is 0 Å². The van der Waals surface area contributed by atoms with Crippen molar-refractivity contribution in [2.75, 3.05) is 68.4 Å². The molecule has 2 aromatic carbocycles. The van der Waals surface area contributed by atoms with Crippen LogP contribution in [0, 0.1) is 36.5 Å². The van der Waals surface area contributed by atoms with Crippen LogP contribution >= 0.6 is 0 Å². The molecule has 2 fully saturated rings. The highest BCUT2D eigenvalue weighted by Gasteiger charge is 2.32. The van der Waals surface area contributed by atoms with E-state index in [-0.39, 0.29) is 35.0 Å². The van der Waals surface area contributed by atoms with Crippen LogP contribution in [0.1, 0.15) is 59.8 Å². The summed E-state index contributed by atoms with van der Waals surface area (Å²) < 4.78 is 62.4. The summed E-state index contributed by atoms with van der Waals surface area (Å²) in [6.07, 6.45) is 2.27. The van der Waals surface area contributed by atoms with Gasteiger partial charge in [-0.3, -0.25) is 14.6 Å². The second-order valence-electron chi connectivity index (χ2n) is 16.5. The van der Waals surface area contributed by atoms with Crippen molar-refractivity contribution in [1.29, 1.82) is 10.5 Å². The molecule has 2 aliphatic rings. The van der Waals surface area contributed by atoms with E-state index in [9.17, 15) is 41.7 Å². The van der Waals surface area contributed by atoms with Crippen LogP contribution in [-0.2, 0) is 28.9 Å². The van der Waals surface area contributed by atoms with Crippen LogP contribution in [0.15, 0.2) is 103 Å². The highest BCUT2D eigenvalue weighted by molar-refractivity contribution is 7.90. The second-order valence-corrected chi connectivity index (χ2v) is 18.4. The van der Waals surface area contributed by atoms with Crippen molar-refractivity contribution in [1.82, 2.24) is 30.6 Å². The molecule has 4 aromatic heterocycles. The van der Waals surface area contributed by atoms with Gasteiger partial charge in [-0.25, -0.2) is 23.4 Å². The molecule has 0 unspecified atom stereocenters. The molecule has 14 nitrogen and oxygen atoms in total. The number of aromatic nitrogens is 4. The van der Waals surface area contributed by atoms with E-state index < -0.39 is 21.7 Å². The van der Waals surface area contributed by atoms with Gasteiger partial charge in [-0.05, 0) is 95.8 Å². The van der Waals surface area contributed by atoms with E-state index in [1.807, 2.05) is 26.0 Å². The van der Waals surface area contributed by atoms with E-state index in [2.05, 4.69) is 52.5 Å². The number of piperazine rings is 2. The number of alkyl halides is 3. The van der Waals surface area contributed by atoms with Gasteiger partial charge >= 0.3 is 6.18 Å². The van der Waals surface area contributed by atoms with Crippen molar-refractivity contribution in [2.24, 2.45) is 0 Å². The Kier molecular flexibility index (Phi) is 15.0. The zero-order valence-corrected chi connectivity index (χ0v) is 38.4. The number of aryl methyl sites for hydroxylation is 2. The molecule has 0 saturated carbocycles. The summed E-state index contributed by atoms with van der Waals surface area (Å²) in [7, 11) is -3.46. The number of Topliss-reactive ketones (excluding diaryl/α,β-unsaturated/α-hetero) is 2. The zero-order chi connectivity index (χ0) is 48.6. The number of nitriles is 2. The zero-order valence-electron chi connectivity index (χ0n) is 37.6. The number of halogens is 3. The first kappa shape index (κ1) is 48.6. The third-order valence-electron chi connectivity index (χ3n) is 11.6. The van der Waals surface area contributed by atoms with Gasteiger partial charge in [0.1, 0.15) is 29.5 Å². The van der Waals surface area contributed by atoms with Crippen LogP contribution in [0.25, 0.3) is 22.3 Å². The number of pyridine rings is 4. The maximum Gasteiger partial charge on any atom is 0.433 e. The first-order valence-electron chi connectivity index (χ1n) is 21.7. The Labute approximate surface area is 392 Å². The van der Waals surface area contributed by atoms with Crippen LogP contribution in [0.2, 0.25) is 0 Å². The number of sulfone groups is 1. The van der Waals surface area contributed by atoms with E-state index in [4.69, 9.17) is 0 Å². The molecule has 8 rings (SSSR count). The van der Waals surface area contributed by atoms with Crippen molar-refractivity contribution in [3.8, 4) is 34.4 Å². The minimum atomic E-state index is -4.57. The van der Waals surface area contributed by atoms with Crippen molar-refractivity contribution >= 4 is 33.0 Å². The summed E-state index contributed by atoms with van der Waals surface area (Å²) in [5.74, 6) is 0.858. The molecule has 0 bridgehead atoms. The van der Waals surface area contributed by atoms with E-state index in [1.165, 1.54) is 18.3 Å². The lowest BCUT2D eigenvalue weighted by Gasteiger charge is -2.29. The molecule has 0 amide bonds. The standard InChI is InChI=1S/C25H22F3N5O.C25H25N5O3S/c1-16-2-3-18(22(34)10-17-4-5-31-23(11-17)25(26,27)28)13-21(16)20-12-19(14-29)24(32-15-20)33-8-6-30-7-9-33;1-17-3-4-19(23(31)11-18-5-6-28-24(12-18)34(2,32)33)14-22(17)21-13-20(15-26)25(29-16-21)30-9-7-27-8-10-30/h2-5,11-13,15,30H,6-10H2,1H3;3-6,12-14,16,27H,7-11H2,1-2H3. The van der Waals surface area contributed by atoms with Gasteiger partial charge in [-0.15, -0.1) is 0 Å². The third kappa shape index (κ3) is 11.8. The molecule has 2 saturated heterocycles. The Morgan fingerprint density at radius 1 is 0.647 bits per heavy atom. The summed E-state index contributed by atoms with van der Waals surface area (Å²) in [6, 6.07) is 24.0. The molecule has 6 heterocycles. The van der Waals surface area contributed by atoms with Crippen LogP contribution in [0.3, 0.4) is 0 Å². The lowest BCUT2D eigenvalue weighted by atomic mass is 9.95. The maximum atomic E-state index is 13.0. The average Bonchev–Trinajstić information content (AvgIpc) is 3.34. The molecular formula is C50H47F3N10O4S. The summed E-state index contributed by atoms with van der Waals surface area (Å²) in [6.45, 7) is 10.3. The molecular weight excluding hydrogens is 894 g/mol. The fourth-order valence-electron chi connectivity index (χ4n) is 7.92. The number of carbonyl (C=O) groups excluding carboxylic acids is 2. The number of nitrogens with zero attached hydrogens (tertiary/aromatic N) is 8. The predicted molar refractivity (Wildman–Crippen MR) is 251 cm³/mol. The topological polar surface area (TPSA) is 198 Å². The number of ketones is 2. The molecule has 68 heavy (non-hydrogen) atoms. The number of anilines is 2. The van der Waals surface area contributed by atoms with Gasteiger partial charge in [0.05, 0.1) is 11.1 Å². The molecule has 6 aromatic rings. The first-order chi connectivity index (χ1) is 32.5. The van der Waals surface area contributed by atoms with Crippen molar-refractivity contribution in [3.05, 3.63) is 148 Å². The van der Waals surface area contributed by atoms with Gasteiger partial charge in [0.2, 0.25) is 0 Å². The molecule has 2 N–H and O–H groups in total. The minimum absolute atomic E-state index is 0.0527. The van der Waals surface area contributed by atoms with Crippen molar-refractivity contribution in [3.63, 3.8) is 0 Å². The number of rotatable bonds is 11. The fraction of sp³-hybridized carbons (Fsp3) is 0.280. The van der Waals surface area contributed by atoms with E-state index in [0.717, 1.165) is 98.7 Å². The molecule has 2 aliphatic heterocycles. The Morgan fingerprint density at radius 2 is 1.09 bits per heavy atom. The Bertz CT molecular complexity index is 3070. The normalized spacial score (nSPS) is 14.0. The minimum Gasteiger partial charge on any atom is -0.353 e. The summed E-state index contributed by atoms with van der Waals surface area (Å²) in [5.41, 5.74) is 6.51. The lowest BCUT2D eigenvalue weighted by Crippen LogP contribution is -2.44.